The van der Waals surface area contributed by atoms with Crippen LogP contribution in [0.1, 0.15) is 81.6 Å². The molecule has 0 spiro atoms. The van der Waals surface area contributed by atoms with Crippen molar-refractivity contribution in [1.29, 1.82) is 0 Å². The zero-order valence-electron chi connectivity index (χ0n) is 24.6. The number of rotatable bonds is 9. The Labute approximate surface area is 233 Å². The Morgan fingerprint density at radius 2 is 1.21 bits per heavy atom. The molecule has 0 amide bonds. The quantitative estimate of drug-likeness (QED) is 0.237. The third-order valence-corrected chi connectivity index (χ3v) is 7.30. The van der Waals surface area contributed by atoms with E-state index in [2.05, 4.69) is 107 Å². The van der Waals surface area contributed by atoms with E-state index in [0.717, 1.165) is 36.4 Å². The van der Waals surface area contributed by atoms with Gasteiger partial charge in [-0.25, -0.2) is 9.48 Å². The van der Waals surface area contributed by atoms with Crippen molar-refractivity contribution in [2.45, 2.75) is 84.8 Å². The molecule has 0 aliphatic heterocycles. The van der Waals surface area contributed by atoms with Crippen molar-refractivity contribution in [3.05, 3.63) is 117 Å². The first-order valence-electron chi connectivity index (χ1n) is 13.9. The van der Waals surface area contributed by atoms with Gasteiger partial charge >= 0.3 is 5.69 Å². The Bertz CT molecular complexity index is 1410. The average Bonchev–Trinajstić information content (AvgIpc) is 3.15. The minimum absolute atomic E-state index is 0.0700. The fraction of sp³-hybridized carbons (Fsp3) is 0.412. The van der Waals surface area contributed by atoms with E-state index in [1.807, 2.05) is 19.2 Å². The van der Waals surface area contributed by atoms with Crippen LogP contribution in [0.4, 0.5) is 0 Å². The Hall–Kier alpha value is -3.60. The number of ether oxygens (including phenoxy) is 1. The maximum Gasteiger partial charge on any atom is 0.345 e. The van der Waals surface area contributed by atoms with Crippen LogP contribution in [0.5, 0.6) is 5.75 Å². The zero-order chi connectivity index (χ0) is 28.2. The van der Waals surface area contributed by atoms with E-state index in [0.29, 0.717) is 13.2 Å². The predicted octanol–water partition coefficient (Wildman–Crippen LogP) is 6.98. The summed E-state index contributed by atoms with van der Waals surface area (Å²) < 4.78 is 9.25. The molecule has 0 radical (unpaired) electrons. The molecular formula is C34H43N3O2. The summed E-state index contributed by atoms with van der Waals surface area (Å²) in [6, 6.07) is 25.5. The first-order chi connectivity index (χ1) is 18.4. The fourth-order valence-corrected chi connectivity index (χ4v) is 4.61. The minimum Gasteiger partial charge on any atom is -0.489 e. The van der Waals surface area contributed by atoms with Gasteiger partial charge in [-0.05, 0) is 63.6 Å². The second-order valence-electron chi connectivity index (χ2n) is 12.6. The van der Waals surface area contributed by atoms with Crippen molar-refractivity contribution in [2.75, 3.05) is 0 Å². The standard InChI is InChI=1S/C34H43N3O2/c1-33(2,3)28-17-11-26(12-18-28)23-37-32(38)36(7)31(35-37)10-8-9-25-15-21-30(22-16-25)39-24-27-13-19-29(20-14-27)34(4,5)6/h11-22H,8-10,23-24H2,1-7H3. The Morgan fingerprint density at radius 1 is 0.692 bits per heavy atom. The zero-order valence-corrected chi connectivity index (χ0v) is 24.6. The Kier molecular flexibility index (Phi) is 8.48. The van der Waals surface area contributed by atoms with E-state index in [4.69, 9.17) is 4.74 Å². The largest absolute Gasteiger partial charge is 0.489 e. The van der Waals surface area contributed by atoms with Gasteiger partial charge in [0, 0.05) is 13.5 Å². The van der Waals surface area contributed by atoms with Crippen LogP contribution in [-0.4, -0.2) is 14.3 Å². The van der Waals surface area contributed by atoms with Gasteiger partial charge in [-0.1, -0.05) is 102 Å². The molecule has 4 aromatic rings. The van der Waals surface area contributed by atoms with Gasteiger partial charge in [0.1, 0.15) is 18.2 Å². The SMILES string of the molecule is Cn1c(CCCc2ccc(OCc3ccc(C(C)(C)C)cc3)cc2)nn(Cc2ccc(C(C)(C)C)cc2)c1=O. The smallest absolute Gasteiger partial charge is 0.345 e. The molecule has 4 rings (SSSR count). The second-order valence-corrected chi connectivity index (χ2v) is 12.6. The number of hydrogen-bond donors (Lipinski definition) is 0. The lowest BCUT2D eigenvalue weighted by molar-refractivity contribution is 0.306. The number of benzene rings is 3. The van der Waals surface area contributed by atoms with Gasteiger partial charge in [0.25, 0.3) is 0 Å². The predicted molar refractivity (Wildman–Crippen MR) is 160 cm³/mol. The van der Waals surface area contributed by atoms with Gasteiger partial charge < -0.3 is 4.74 Å². The summed E-state index contributed by atoms with van der Waals surface area (Å²) in [6.45, 7) is 14.3. The monoisotopic (exact) mass is 525 g/mol. The van der Waals surface area contributed by atoms with Crippen LogP contribution >= 0.6 is 0 Å². The van der Waals surface area contributed by atoms with Gasteiger partial charge in [0.2, 0.25) is 0 Å². The molecule has 3 aromatic carbocycles. The molecule has 0 fully saturated rings. The van der Waals surface area contributed by atoms with E-state index in [1.54, 1.807) is 9.25 Å². The molecule has 0 aliphatic carbocycles. The normalized spacial score (nSPS) is 12.1. The summed E-state index contributed by atoms with van der Waals surface area (Å²) in [6.07, 6.45) is 2.60. The highest BCUT2D eigenvalue weighted by atomic mass is 16.5. The maximum atomic E-state index is 12.8. The molecule has 0 bridgehead atoms. The molecule has 1 aromatic heterocycles. The van der Waals surface area contributed by atoms with Crippen LogP contribution in [0.3, 0.4) is 0 Å². The summed E-state index contributed by atoms with van der Waals surface area (Å²) in [7, 11) is 1.81. The van der Waals surface area contributed by atoms with E-state index < -0.39 is 0 Å². The molecule has 5 nitrogen and oxygen atoms in total. The topological polar surface area (TPSA) is 49.0 Å². The summed E-state index contributed by atoms with van der Waals surface area (Å²) in [5.41, 5.74) is 6.31. The molecular weight excluding hydrogens is 482 g/mol. The molecule has 0 saturated carbocycles. The fourth-order valence-electron chi connectivity index (χ4n) is 4.61. The number of aryl methyl sites for hydroxylation is 2. The van der Waals surface area contributed by atoms with Crippen LogP contribution in [0.25, 0.3) is 0 Å². The average molecular weight is 526 g/mol. The third-order valence-electron chi connectivity index (χ3n) is 7.30. The molecule has 206 valence electrons. The molecule has 0 aliphatic rings. The van der Waals surface area contributed by atoms with Crippen molar-refractivity contribution in [3.8, 4) is 5.75 Å². The lowest BCUT2D eigenvalue weighted by Crippen LogP contribution is -2.24. The molecule has 0 saturated heterocycles. The lowest BCUT2D eigenvalue weighted by Gasteiger charge is -2.19. The molecule has 5 heteroatoms. The maximum absolute atomic E-state index is 12.8. The summed E-state index contributed by atoms with van der Waals surface area (Å²) in [5.74, 6) is 1.69. The molecule has 0 N–H and O–H groups in total. The second kappa shape index (κ2) is 11.6. The van der Waals surface area contributed by atoms with E-state index in [1.165, 1.54) is 22.3 Å². The molecule has 0 atom stereocenters. The molecule has 39 heavy (non-hydrogen) atoms. The van der Waals surface area contributed by atoms with Gasteiger partial charge in [0.15, 0.2) is 0 Å². The number of nitrogens with zero attached hydrogens (tertiary/aromatic N) is 3. The molecule has 0 unspecified atom stereocenters. The lowest BCUT2D eigenvalue weighted by atomic mass is 9.87. The minimum atomic E-state index is -0.0700. The van der Waals surface area contributed by atoms with E-state index in [-0.39, 0.29) is 16.5 Å². The van der Waals surface area contributed by atoms with Crippen LogP contribution in [0.2, 0.25) is 0 Å². The van der Waals surface area contributed by atoms with E-state index in [9.17, 15) is 4.79 Å². The van der Waals surface area contributed by atoms with Gasteiger partial charge in [-0.15, -0.1) is 0 Å². The Balaban J connectivity index is 1.27. The summed E-state index contributed by atoms with van der Waals surface area (Å²) >= 11 is 0. The van der Waals surface area contributed by atoms with Crippen LogP contribution in [0, 0.1) is 0 Å². The van der Waals surface area contributed by atoms with Crippen molar-refractivity contribution in [1.82, 2.24) is 14.3 Å². The van der Waals surface area contributed by atoms with Crippen LogP contribution in [0.15, 0.2) is 77.6 Å². The van der Waals surface area contributed by atoms with Crippen molar-refractivity contribution >= 4 is 0 Å². The molecule has 1 heterocycles. The number of aromatic nitrogens is 3. The van der Waals surface area contributed by atoms with Crippen molar-refractivity contribution in [3.63, 3.8) is 0 Å². The number of hydrogen-bond acceptors (Lipinski definition) is 3. The highest BCUT2D eigenvalue weighted by Crippen LogP contribution is 2.24. The van der Waals surface area contributed by atoms with Crippen LogP contribution in [-0.2, 0) is 43.9 Å². The first-order valence-corrected chi connectivity index (χ1v) is 13.9. The van der Waals surface area contributed by atoms with Crippen molar-refractivity contribution in [2.24, 2.45) is 7.05 Å². The highest BCUT2D eigenvalue weighted by molar-refractivity contribution is 5.30. The third kappa shape index (κ3) is 7.50. The summed E-state index contributed by atoms with van der Waals surface area (Å²) in [5, 5.41) is 4.64. The van der Waals surface area contributed by atoms with E-state index >= 15 is 0 Å². The summed E-state index contributed by atoms with van der Waals surface area (Å²) in [4.78, 5) is 12.8. The highest BCUT2D eigenvalue weighted by Gasteiger charge is 2.15. The van der Waals surface area contributed by atoms with Gasteiger partial charge in [0.05, 0.1) is 6.54 Å². The van der Waals surface area contributed by atoms with Crippen LogP contribution < -0.4 is 10.4 Å². The first kappa shape index (κ1) is 28.4. The Morgan fingerprint density at radius 3 is 1.74 bits per heavy atom. The van der Waals surface area contributed by atoms with Gasteiger partial charge in [-0.3, -0.25) is 4.57 Å². The van der Waals surface area contributed by atoms with Crippen molar-refractivity contribution < 1.29 is 4.74 Å². The van der Waals surface area contributed by atoms with Gasteiger partial charge in [-0.2, -0.15) is 5.10 Å².